The Labute approximate surface area is 181 Å². The topological polar surface area (TPSA) is 87.5 Å². The van der Waals surface area contributed by atoms with Crippen LogP contribution in [0.2, 0.25) is 0 Å². The van der Waals surface area contributed by atoms with Gasteiger partial charge in [0.15, 0.2) is 0 Å². The molecule has 8 nitrogen and oxygen atoms in total. The molecule has 8 heteroatoms. The third kappa shape index (κ3) is 4.13. The van der Waals surface area contributed by atoms with Crippen molar-refractivity contribution in [3.05, 3.63) is 36.3 Å². The molecule has 31 heavy (non-hydrogen) atoms. The van der Waals surface area contributed by atoms with E-state index >= 15 is 0 Å². The van der Waals surface area contributed by atoms with Crippen LogP contribution in [0.1, 0.15) is 32.4 Å². The van der Waals surface area contributed by atoms with Gasteiger partial charge in [-0.15, -0.1) is 0 Å². The summed E-state index contributed by atoms with van der Waals surface area (Å²) < 4.78 is 19.5. The zero-order chi connectivity index (χ0) is 22.0. The maximum Gasteiger partial charge on any atom is 0.222 e. The Kier molecular flexibility index (Phi) is 5.93. The average molecular weight is 425 g/mol. The van der Waals surface area contributed by atoms with E-state index in [2.05, 4.69) is 17.2 Å². The summed E-state index contributed by atoms with van der Waals surface area (Å²) in [6.07, 6.45) is 5.42. The standard InChI is InChI=1S/C23H28N4O4/c1-5-7-31-16-9-19(26-21(10-16)23(29-4)6-8-30-14-23)18-13-27(3)20-12-24-22(11-17(18)20)25-15(2)28/h9-13H,5-8,14H2,1-4H3,(H,24,25,28)/t23-/m0/s1. The van der Waals surface area contributed by atoms with Crippen LogP contribution < -0.4 is 10.1 Å². The number of anilines is 1. The monoisotopic (exact) mass is 424 g/mol. The van der Waals surface area contributed by atoms with E-state index in [1.165, 1.54) is 6.92 Å². The molecule has 1 aliphatic rings. The first-order valence-electron chi connectivity index (χ1n) is 10.5. The maximum absolute atomic E-state index is 11.5. The second kappa shape index (κ2) is 8.64. The van der Waals surface area contributed by atoms with E-state index in [1.54, 1.807) is 13.3 Å². The van der Waals surface area contributed by atoms with Crippen molar-refractivity contribution < 1.29 is 19.0 Å². The lowest BCUT2D eigenvalue weighted by Gasteiger charge is -2.26. The molecule has 0 unspecified atom stereocenters. The predicted octanol–water partition coefficient (Wildman–Crippen LogP) is 3.64. The highest BCUT2D eigenvalue weighted by Gasteiger charge is 2.39. The van der Waals surface area contributed by atoms with E-state index in [-0.39, 0.29) is 5.91 Å². The summed E-state index contributed by atoms with van der Waals surface area (Å²) in [6.45, 7) is 5.25. The molecule has 1 saturated heterocycles. The molecule has 1 atom stereocenters. The van der Waals surface area contributed by atoms with Crippen molar-refractivity contribution in [2.24, 2.45) is 7.05 Å². The molecular formula is C23H28N4O4. The number of nitrogens with one attached hydrogen (secondary N) is 1. The number of aromatic nitrogens is 3. The summed E-state index contributed by atoms with van der Waals surface area (Å²) in [4.78, 5) is 20.8. The molecule has 1 fully saturated rings. The van der Waals surface area contributed by atoms with Gasteiger partial charge in [0.2, 0.25) is 5.91 Å². The van der Waals surface area contributed by atoms with Gasteiger partial charge in [0.25, 0.3) is 0 Å². The van der Waals surface area contributed by atoms with E-state index in [0.717, 1.165) is 46.4 Å². The minimum absolute atomic E-state index is 0.164. The lowest BCUT2D eigenvalue weighted by atomic mass is 9.96. The van der Waals surface area contributed by atoms with Crippen LogP contribution in [0.5, 0.6) is 5.75 Å². The van der Waals surface area contributed by atoms with Crippen LogP contribution in [0.15, 0.2) is 30.6 Å². The fourth-order valence-corrected chi connectivity index (χ4v) is 3.92. The lowest BCUT2D eigenvalue weighted by molar-refractivity contribution is -0.114. The minimum atomic E-state index is -0.589. The van der Waals surface area contributed by atoms with E-state index in [0.29, 0.717) is 25.6 Å². The van der Waals surface area contributed by atoms with Gasteiger partial charge in [-0.2, -0.15) is 0 Å². The molecule has 0 bridgehead atoms. The molecule has 0 spiro atoms. The van der Waals surface area contributed by atoms with Crippen LogP contribution in [-0.2, 0) is 26.9 Å². The van der Waals surface area contributed by atoms with E-state index < -0.39 is 5.60 Å². The van der Waals surface area contributed by atoms with E-state index in [9.17, 15) is 4.79 Å². The number of pyridine rings is 2. The number of fused-ring (bicyclic) bond motifs is 1. The number of rotatable bonds is 7. The zero-order valence-electron chi connectivity index (χ0n) is 18.4. The van der Waals surface area contributed by atoms with Crippen molar-refractivity contribution >= 4 is 22.6 Å². The normalized spacial score (nSPS) is 18.5. The Balaban J connectivity index is 1.87. The largest absolute Gasteiger partial charge is 0.493 e. The molecule has 0 aliphatic carbocycles. The summed E-state index contributed by atoms with van der Waals surface area (Å²) in [5.74, 6) is 1.09. The van der Waals surface area contributed by atoms with Gasteiger partial charge in [0, 0.05) is 63.4 Å². The fourth-order valence-electron chi connectivity index (χ4n) is 3.92. The molecular weight excluding hydrogens is 396 g/mol. The molecule has 0 aromatic carbocycles. The fraction of sp³-hybridized carbons (Fsp3) is 0.435. The number of hydrogen-bond acceptors (Lipinski definition) is 6. The first kappa shape index (κ1) is 21.3. The Hall–Kier alpha value is -2.97. The van der Waals surface area contributed by atoms with E-state index in [4.69, 9.17) is 19.2 Å². The van der Waals surface area contributed by atoms with Gasteiger partial charge in [-0.3, -0.25) is 4.79 Å². The van der Waals surface area contributed by atoms with Gasteiger partial charge < -0.3 is 24.1 Å². The quantitative estimate of drug-likeness (QED) is 0.623. The Morgan fingerprint density at radius 3 is 2.87 bits per heavy atom. The van der Waals surface area contributed by atoms with Crippen LogP contribution >= 0.6 is 0 Å². The number of ether oxygens (including phenoxy) is 3. The smallest absolute Gasteiger partial charge is 0.222 e. The van der Waals surface area contributed by atoms with Gasteiger partial charge in [0.1, 0.15) is 17.2 Å². The lowest BCUT2D eigenvalue weighted by Crippen LogP contribution is -2.30. The number of carbonyl (C=O) groups is 1. The molecule has 3 aromatic heterocycles. The van der Waals surface area contributed by atoms with Crippen molar-refractivity contribution in [1.82, 2.24) is 14.5 Å². The molecule has 1 N–H and O–H groups in total. The van der Waals surface area contributed by atoms with Gasteiger partial charge in [-0.05, 0) is 12.5 Å². The number of aryl methyl sites for hydroxylation is 1. The number of amides is 1. The maximum atomic E-state index is 11.5. The Bertz CT molecular complexity index is 1100. The first-order chi connectivity index (χ1) is 15.0. The van der Waals surface area contributed by atoms with Crippen molar-refractivity contribution in [3.63, 3.8) is 0 Å². The van der Waals surface area contributed by atoms with Crippen LogP contribution in [-0.4, -0.2) is 47.4 Å². The third-order valence-corrected chi connectivity index (χ3v) is 5.57. The van der Waals surface area contributed by atoms with Crippen LogP contribution in [0.3, 0.4) is 0 Å². The molecule has 3 aromatic rings. The molecule has 4 heterocycles. The molecule has 1 aliphatic heterocycles. The molecule has 0 radical (unpaired) electrons. The number of carbonyl (C=O) groups excluding carboxylic acids is 1. The average Bonchev–Trinajstić information content (AvgIpc) is 3.37. The molecule has 0 saturated carbocycles. The summed E-state index contributed by atoms with van der Waals surface area (Å²) in [7, 11) is 3.66. The SMILES string of the molecule is CCCOc1cc(-c2cn(C)c3cnc(NC(C)=O)cc23)nc([C@]2(OC)CCOC2)c1. The van der Waals surface area contributed by atoms with Crippen molar-refractivity contribution in [2.45, 2.75) is 32.3 Å². The van der Waals surface area contributed by atoms with Gasteiger partial charge in [0.05, 0.1) is 36.3 Å². The summed E-state index contributed by atoms with van der Waals surface area (Å²) in [5, 5.41) is 3.70. The van der Waals surface area contributed by atoms with Crippen LogP contribution in [0.25, 0.3) is 22.2 Å². The van der Waals surface area contributed by atoms with Crippen LogP contribution in [0, 0.1) is 0 Å². The Morgan fingerprint density at radius 1 is 1.35 bits per heavy atom. The summed E-state index contributed by atoms with van der Waals surface area (Å²) >= 11 is 0. The predicted molar refractivity (Wildman–Crippen MR) is 118 cm³/mol. The van der Waals surface area contributed by atoms with Crippen molar-refractivity contribution in [1.29, 1.82) is 0 Å². The van der Waals surface area contributed by atoms with Crippen LogP contribution in [0.4, 0.5) is 5.82 Å². The highest BCUT2D eigenvalue weighted by atomic mass is 16.5. The summed E-state index contributed by atoms with van der Waals surface area (Å²) in [6, 6.07) is 5.77. The first-order valence-corrected chi connectivity index (χ1v) is 10.5. The third-order valence-electron chi connectivity index (χ3n) is 5.57. The van der Waals surface area contributed by atoms with Gasteiger partial charge >= 0.3 is 0 Å². The zero-order valence-corrected chi connectivity index (χ0v) is 18.4. The molecule has 1 amide bonds. The van der Waals surface area contributed by atoms with Gasteiger partial charge in [-0.25, -0.2) is 9.97 Å². The second-order valence-electron chi connectivity index (χ2n) is 7.84. The number of methoxy groups -OCH3 is 1. The molecule has 4 rings (SSSR count). The van der Waals surface area contributed by atoms with Crippen molar-refractivity contribution in [2.75, 3.05) is 32.2 Å². The summed E-state index contributed by atoms with van der Waals surface area (Å²) in [5.41, 5.74) is 2.85. The van der Waals surface area contributed by atoms with Gasteiger partial charge in [-0.1, -0.05) is 6.92 Å². The second-order valence-corrected chi connectivity index (χ2v) is 7.84. The van der Waals surface area contributed by atoms with E-state index in [1.807, 2.05) is 36.0 Å². The molecule has 164 valence electrons. The highest BCUT2D eigenvalue weighted by Crippen LogP contribution is 2.38. The Morgan fingerprint density at radius 2 is 2.19 bits per heavy atom. The number of hydrogen-bond donors (Lipinski definition) is 1. The number of nitrogens with zero attached hydrogens (tertiary/aromatic N) is 3. The van der Waals surface area contributed by atoms with Crippen molar-refractivity contribution in [3.8, 4) is 17.0 Å². The minimum Gasteiger partial charge on any atom is -0.493 e. The highest BCUT2D eigenvalue weighted by molar-refractivity contribution is 5.98.